The minimum Gasteiger partial charge on any atom is -0.381 e. The van der Waals surface area contributed by atoms with Crippen molar-refractivity contribution in [3.8, 4) is 0 Å². The Kier molecular flexibility index (Phi) is 4.81. The largest absolute Gasteiger partial charge is 0.381 e. The van der Waals surface area contributed by atoms with Gasteiger partial charge in [0, 0.05) is 12.7 Å². The summed E-state index contributed by atoms with van der Waals surface area (Å²) in [6.45, 7) is 1.31. The zero-order valence-electron chi connectivity index (χ0n) is 12.3. The molecular weight excluding hydrogens is 290 g/mol. The zero-order valence-corrected chi connectivity index (χ0v) is 13.1. The molecule has 0 spiro atoms. The summed E-state index contributed by atoms with van der Waals surface area (Å²) in [5.74, 6) is 0.0157. The molecule has 2 rings (SSSR count). The van der Waals surface area contributed by atoms with Crippen LogP contribution in [-0.4, -0.2) is 49.9 Å². The number of rotatable bonds is 7. The maximum Gasteiger partial charge on any atom is 0.260 e. The summed E-state index contributed by atoms with van der Waals surface area (Å²) in [5, 5.41) is 0.00529. The van der Waals surface area contributed by atoms with E-state index in [1.807, 2.05) is 14.1 Å². The number of hydrogen-bond acceptors (Lipinski definition) is 5. The van der Waals surface area contributed by atoms with Gasteiger partial charge in [0.1, 0.15) is 5.65 Å². The van der Waals surface area contributed by atoms with Crippen LogP contribution in [-0.2, 0) is 10.0 Å². The quantitative estimate of drug-likeness (QED) is 0.728. The molecule has 0 aliphatic heterocycles. The second-order valence-corrected chi connectivity index (χ2v) is 6.82. The van der Waals surface area contributed by atoms with Gasteiger partial charge in [-0.3, -0.25) is 4.40 Å². The minimum atomic E-state index is -3.66. The Balaban J connectivity index is 2.10. The highest BCUT2D eigenvalue weighted by Gasteiger charge is 2.23. The van der Waals surface area contributed by atoms with E-state index in [1.165, 1.54) is 4.40 Å². The smallest absolute Gasteiger partial charge is 0.260 e. The highest BCUT2D eigenvalue weighted by molar-refractivity contribution is 7.89. The molecule has 0 amide bonds. The number of nitrogen functional groups attached to an aromatic ring is 1. The van der Waals surface area contributed by atoms with Crippen LogP contribution in [0.3, 0.4) is 0 Å². The highest BCUT2D eigenvalue weighted by atomic mass is 32.2. The van der Waals surface area contributed by atoms with Crippen molar-refractivity contribution in [2.45, 2.75) is 17.9 Å². The molecule has 2 heterocycles. The van der Waals surface area contributed by atoms with Gasteiger partial charge in [0.05, 0.1) is 0 Å². The molecule has 0 bridgehead atoms. The number of imidazole rings is 1. The van der Waals surface area contributed by atoms with Crippen molar-refractivity contribution in [1.82, 2.24) is 19.0 Å². The van der Waals surface area contributed by atoms with Crippen molar-refractivity contribution >= 4 is 21.5 Å². The minimum absolute atomic E-state index is 0.00529. The van der Waals surface area contributed by atoms with Crippen LogP contribution in [0.15, 0.2) is 29.4 Å². The van der Waals surface area contributed by atoms with E-state index in [9.17, 15) is 8.42 Å². The van der Waals surface area contributed by atoms with Gasteiger partial charge in [-0.15, -0.1) is 0 Å². The second kappa shape index (κ2) is 6.42. The fourth-order valence-electron chi connectivity index (χ4n) is 2.09. The molecule has 0 saturated heterocycles. The van der Waals surface area contributed by atoms with Crippen molar-refractivity contribution in [2.24, 2.45) is 0 Å². The van der Waals surface area contributed by atoms with E-state index in [2.05, 4.69) is 14.6 Å². The monoisotopic (exact) mass is 311 g/mol. The standard InChI is InChI=1S/C13H21N5O2S/c1-17(2)9-6-4-8-15-21(19,20)13-12(14)16-11-7-3-5-10-18(11)13/h3,5,7,10,15H,4,6,8-9,14H2,1-2H3. The lowest BCUT2D eigenvalue weighted by molar-refractivity contribution is 0.394. The molecule has 21 heavy (non-hydrogen) atoms. The van der Waals surface area contributed by atoms with E-state index in [0.717, 1.165) is 19.4 Å². The fourth-order valence-corrected chi connectivity index (χ4v) is 3.37. The average molecular weight is 311 g/mol. The summed E-state index contributed by atoms with van der Waals surface area (Å²) >= 11 is 0. The van der Waals surface area contributed by atoms with Crippen LogP contribution in [0.4, 0.5) is 5.82 Å². The van der Waals surface area contributed by atoms with E-state index in [4.69, 9.17) is 5.73 Å². The SMILES string of the molecule is CN(C)CCCCNS(=O)(=O)c1c(N)nc2ccccn12. The molecule has 0 atom stereocenters. The lowest BCUT2D eigenvalue weighted by atomic mass is 10.3. The molecule has 2 aromatic heterocycles. The normalized spacial score (nSPS) is 12.3. The Morgan fingerprint density at radius 1 is 1.33 bits per heavy atom. The maximum atomic E-state index is 12.4. The Bertz CT molecular complexity index is 708. The zero-order chi connectivity index (χ0) is 15.5. The van der Waals surface area contributed by atoms with Crippen molar-refractivity contribution < 1.29 is 8.42 Å². The van der Waals surface area contributed by atoms with E-state index >= 15 is 0 Å². The van der Waals surface area contributed by atoms with Crippen LogP contribution in [0, 0.1) is 0 Å². The number of pyridine rings is 1. The predicted molar refractivity (Wildman–Crippen MR) is 82.6 cm³/mol. The molecular formula is C13H21N5O2S. The van der Waals surface area contributed by atoms with Crippen molar-refractivity contribution in [1.29, 1.82) is 0 Å². The number of hydrogen-bond donors (Lipinski definition) is 2. The summed E-state index contributed by atoms with van der Waals surface area (Å²) in [6.07, 6.45) is 3.34. The lowest BCUT2D eigenvalue weighted by Crippen LogP contribution is -2.27. The molecule has 0 aromatic carbocycles. The van der Waals surface area contributed by atoms with E-state index in [-0.39, 0.29) is 10.8 Å². The van der Waals surface area contributed by atoms with Gasteiger partial charge in [0.15, 0.2) is 10.8 Å². The molecule has 8 heteroatoms. The number of anilines is 1. The number of unbranched alkanes of at least 4 members (excludes halogenated alkanes) is 1. The lowest BCUT2D eigenvalue weighted by Gasteiger charge is -2.10. The Morgan fingerprint density at radius 2 is 2.10 bits per heavy atom. The average Bonchev–Trinajstić information content (AvgIpc) is 2.74. The molecule has 0 aliphatic carbocycles. The summed E-state index contributed by atoms with van der Waals surface area (Å²) in [7, 11) is 0.316. The molecule has 7 nitrogen and oxygen atoms in total. The first-order chi connectivity index (χ1) is 9.92. The number of nitrogens with zero attached hydrogens (tertiary/aromatic N) is 3. The maximum absolute atomic E-state index is 12.4. The van der Waals surface area contributed by atoms with Crippen LogP contribution in [0.5, 0.6) is 0 Å². The van der Waals surface area contributed by atoms with Gasteiger partial charge in [-0.2, -0.15) is 0 Å². The van der Waals surface area contributed by atoms with Crippen molar-refractivity contribution in [3.05, 3.63) is 24.4 Å². The molecule has 0 radical (unpaired) electrons. The molecule has 116 valence electrons. The van der Waals surface area contributed by atoms with Crippen LogP contribution in [0.2, 0.25) is 0 Å². The Hall–Kier alpha value is -1.64. The van der Waals surface area contributed by atoms with Gasteiger partial charge in [0.25, 0.3) is 10.0 Å². The molecule has 0 unspecified atom stereocenters. The Labute approximate surface area is 124 Å². The number of fused-ring (bicyclic) bond motifs is 1. The third-order valence-corrected chi connectivity index (χ3v) is 4.59. The third kappa shape index (κ3) is 3.72. The van der Waals surface area contributed by atoms with E-state index in [0.29, 0.717) is 12.2 Å². The first-order valence-electron chi connectivity index (χ1n) is 6.79. The second-order valence-electron chi connectivity index (χ2n) is 5.14. The summed E-state index contributed by atoms with van der Waals surface area (Å²) in [5.41, 5.74) is 6.27. The van der Waals surface area contributed by atoms with E-state index in [1.54, 1.807) is 24.4 Å². The van der Waals surface area contributed by atoms with Gasteiger partial charge < -0.3 is 10.6 Å². The summed E-state index contributed by atoms with van der Waals surface area (Å²) < 4.78 is 28.8. The first-order valence-corrected chi connectivity index (χ1v) is 8.27. The molecule has 2 aromatic rings. The van der Waals surface area contributed by atoms with Gasteiger partial charge in [-0.1, -0.05) is 6.07 Å². The fraction of sp³-hybridized carbons (Fsp3) is 0.462. The van der Waals surface area contributed by atoms with Crippen molar-refractivity contribution in [3.63, 3.8) is 0 Å². The van der Waals surface area contributed by atoms with Crippen molar-refractivity contribution in [2.75, 3.05) is 32.9 Å². The highest BCUT2D eigenvalue weighted by Crippen LogP contribution is 2.19. The number of nitrogens with two attached hydrogens (primary N) is 1. The number of sulfonamides is 1. The van der Waals surface area contributed by atoms with Gasteiger partial charge in [-0.25, -0.2) is 18.1 Å². The molecule has 3 N–H and O–H groups in total. The Morgan fingerprint density at radius 3 is 2.81 bits per heavy atom. The number of nitrogens with one attached hydrogen (secondary N) is 1. The summed E-state index contributed by atoms with van der Waals surface area (Å²) in [4.78, 5) is 6.13. The predicted octanol–water partition coefficient (Wildman–Crippen LogP) is 0.537. The first kappa shape index (κ1) is 15.7. The third-order valence-electron chi connectivity index (χ3n) is 3.09. The van der Waals surface area contributed by atoms with Crippen LogP contribution in [0.25, 0.3) is 5.65 Å². The van der Waals surface area contributed by atoms with Crippen LogP contribution in [0.1, 0.15) is 12.8 Å². The molecule has 0 fully saturated rings. The topological polar surface area (TPSA) is 92.7 Å². The van der Waals surface area contributed by atoms with Crippen LogP contribution < -0.4 is 10.5 Å². The molecule has 0 saturated carbocycles. The van der Waals surface area contributed by atoms with Gasteiger partial charge >= 0.3 is 0 Å². The van der Waals surface area contributed by atoms with Crippen LogP contribution >= 0.6 is 0 Å². The van der Waals surface area contributed by atoms with E-state index < -0.39 is 10.0 Å². The van der Waals surface area contributed by atoms with Gasteiger partial charge in [-0.05, 0) is 45.6 Å². The molecule has 0 aliphatic rings. The summed E-state index contributed by atoms with van der Waals surface area (Å²) in [6, 6.07) is 5.24. The number of aromatic nitrogens is 2. The van der Waals surface area contributed by atoms with Gasteiger partial charge in [0.2, 0.25) is 0 Å².